The molecule has 0 fully saturated rings. The smallest absolute Gasteiger partial charge is 0.311 e. The molecule has 0 aliphatic rings. The summed E-state index contributed by atoms with van der Waals surface area (Å²) in [6, 6.07) is 28.7. The first-order valence-electron chi connectivity index (χ1n) is 16.0. The Labute approximate surface area is 301 Å². The van der Waals surface area contributed by atoms with Gasteiger partial charge in [-0.15, -0.1) is 0 Å². The number of likely N-dealkylation sites (N-methyl/N-ethyl adjacent to an activating group) is 1. The van der Waals surface area contributed by atoms with E-state index >= 15 is 0 Å². The Balaban J connectivity index is 1.12. The maximum absolute atomic E-state index is 13.2. The number of hydrogen-bond donors (Lipinski definition) is 2. The van der Waals surface area contributed by atoms with Gasteiger partial charge in [0.25, 0.3) is 5.91 Å². The average molecular weight is 770 g/mol. The molecule has 1 amide bonds. The number of aromatic nitrogens is 3. The number of carbonyl (C=O) groups is 2. The number of nitrogens with zero attached hydrogens (tertiary/aromatic N) is 5. The quantitative estimate of drug-likeness (QED) is 0.0487. The second-order valence-corrected chi connectivity index (χ2v) is 12.7. The second kappa shape index (κ2) is 18.2. The van der Waals surface area contributed by atoms with Gasteiger partial charge < -0.3 is 15.4 Å². The lowest BCUT2D eigenvalue weighted by molar-refractivity contribution is -0.147. The predicted octanol–water partition coefficient (Wildman–Crippen LogP) is 6.76. The summed E-state index contributed by atoms with van der Waals surface area (Å²) in [5.41, 5.74) is 6.74. The Kier molecular flexibility index (Phi) is 13.2. The summed E-state index contributed by atoms with van der Waals surface area (Å²) in [6.45, 7) is 5.49. The van der Waals surface area contributed by atoms with E-state index in [1.54, 1.807) is 18.6 Å². The third kappa shape index (κ3) is 11.2. The molecule has 252 valence electrons. The average Bonchev–Trinajstić information content (AvgIpc) is 3.12. The maximum atomic E-state index is 13.2. The maximum Gasteiger partial charge on any atom is 0.311 e. The third-order valence-electron chi connectivity index (χ3n) is 7.81. The van der Waals surface area contributed by atoms with Gasteiger partial charge in [-0.2, -0.15) is 0 Å². The molecular formula is C38H40IN7O3. The molecule has 2 N–H and O–H groups in total. The van der Waals surface area contributed by atoms with Crippen LogP contribution in [-0.4, -0.2) is 74.5 Å². The highest BCUT2D eigenvalue weighted by molar-refractivity contribution is 14.1. The molecule has 0 saturated heterocycles. The van der Waals surface area contributed by atoms with Gasteiger partial charge in [-0.1, -0.05) is 71.1 Å². The molecule has 0 bridgehead atoms. The minimum absolute atomic E-state index is 0.191. The van der Waals surface area contributed by atoms with Gasteiger partial charge in [0, 0.05) is 71.7 Å². The van der Waals surface area contributed by atoms with Crippen molar-refractivity contribution in [2.75, 3.05) is 48.5 Å². The van der Waals surface area contributed by atoms with Crippen molar-refractivity contribution in [1.29, 1.82) is 0 Å². The third-order valence-corrected chi connectivity index (χ3v) is 8.30. The standard InChI is InChI=1S/C38H40IN7O3/c1-28-10-15-33(24-35(28)44-38-41-19-16-34(43-38)32-9-6-18-40-25-32)42-37(48)31-13-11-30(12-14-31)26-46(20-17-39)22-21-45(2)27-49-36(47)23-29-7-4-3-5-8-29/h3-16,18-19,24-25H,17,20-23,26-27H2,1-2H3,(H,42,48)(H,41,43,44). The lowest BCUT2D eigenvalue weighted by atomic mass is 10.1. The van der Waals surface area contributed by atoms with Crippen molar-refractivity contribution in [3.63, 3.8) is 0 Å². The number of pyridine rings is 1. The summed E-state index contributed by atoms with van der Waals surface area (Å²) in [6.07, 6.45) is 5.46. The van der Waals surface area contributed by atoms with Gasteiger partial charge in [0.2, 0.25) is 5.95 Å². The first kappa shape index (κ1) is 35.6. The van der Waals surface area contributed by atoms with Gasteiger partial charge >= 0.3 is 5.97 Å². The SMILES string of the molecule is Cc1ccc(NC(=O)c2ccc(CN(CCI)CCN(C)COC(=O)Cc3ccccc3)cc2)cc1Nc1nccc(-c2cccnc2)n1. The Morgan fingerprint density at radius 1 is 0.878 bits per heavy atom. The van der Waals surface area contributed by atoms with Crippen LogP contribution in [0.5, 0.6) is 0 Å². The topological polar surface area (TPSA) is 113 Å². The number of hydrogen-bond acceptors (Lipinski definition) is 9. The number of amides is 1. The Morgan fingerprint density at radius 2 is 1.69 bits per heavy atom. The van der Waals surface area contributed by atoms with Gasteiger partial charge in [0.05, 0.1) is 12.1 Å². The number of ether oxygens (including phenoxy) is 1. The molecule has 0 atom stereocenters. The van der Waals surface area contributed by atoms with Crippen LogP contribution in [0, 0.1) is 6.92 Å². The number of alkyl halides is 1. The number of nitrogens with one attached hydrogen (secondary N) is 2. The van der Waals surface area contributed by atoms with E-state index in [1.165, 1.54) is 0 Å². The zero-order chi connectivity index (χ0) is 34.4. The van der Waals surface area contributed by atoms with Crippen molar-refractivity contribution >= 4 is 51.8 Å². The highest BCUT2D eigenvalue weighted by Crippen LogP contribution is 2.25. The van der Waals surface area contributed by atoms with E-state index in [-0.39, 0.29) is 25.0 Å². The fourth-order valence-corrected chi connectivity index (χ4v) is 5.72. The summed E-state index contributed by atoms with van der Waals surface area (Å²) < 4.78 is 6.46. The van der Waals surface area contributed by atoms with E-state index in [0.717, 1.165) is 64.2 Å². The number of esters is 1. The molecule has 5 aromatic rings. The predicted molar refractivity (Wildman–Crippen MR) is 202 cm³/mol. The van der Waals surface area contributed by atoms with Gasteiger partial charge in [-0.3, -0.25) is 24.4 Å². The summed E-state index contributed by atoms with van der Waals surface area (Å²) in [5, 5.41) is 6.30. The van der Waals surface area contributed by atoms with Gasteiger partial charge in [-0.05, 0) is 73.1 Å². The Bertz CT molecular complexity index is 1810. The highest BCUT2D eigenvalue weighted by Gasteiger charge is 2.13. The number of aryl methyl sites for hydroxylation is 1. The second-order valence-electron chi connectivity index (χ2n) is 11.7. The molecule has 0 unspecified atom stereocenters. The number of carbonyl (C=O) groups excluding carboxylic acids is 2. The van der Waals surface area contributed by atoms with Crippen molar-refractivity contribution in [2.24, 2.45) is 0 Å². The van der Waals surface area contributed by atoms with Crippen LogP contribution in [-0.2, 0) is 22.5 Å². The molecule has 2 heterocycles. The van der Waals surface area contributed by atoms with Crippen LogP contribution in [0.2, 0.25) is 0 Å². The summed E-state index contributed by atoms with van der Waals surface area (Å²) in [4.78, 5) is 43.0. The van der Waals surface area contributed by atoms with Crippen LogP contribution >= 0.6 is 22.6 Å². The molecule has 0 aliphatic carbocycles. The van der Waals surface area contributed by atoms with Gasteiger partial charge in [-0.25, -0.2) is 9.97 Å². The summed E-state index contributed by atoms with van der Waals surface area (Å²) >= 11 is 2.39. The molecular weight excluding hydrogens is 729 g/mol. The van der Waals surface area contributed by atoms with Crippen LogP contribution in [0.1, 0.15) is 27.0 Å². The van der Waals surface area contributed by atoms with Gasteiger partial charge in [0.1, 0.15) is 6.73 Å². The minimum Gasteiger partial charge on any atom is -0.449 e. The zero-order valence-corrected chi connectivity index (χ0v) is 29.8. The van der Waals surface area contributed by atoms with E-state index in [0.29, 0.717) is 17.2 Å². The van der Waals surface area contributed by atoms with E-state index < -0.39 is 0 Å². The van der Waals surface area contributed by atoms with E-state index in [1.807, 2.05) is 110 Å². The molecule has 0 saturated carbocycles. The fraction of sp³-hybridized carbons (Fsp3) is 0.237. The Hall–Kier alpha value is -4.72. The van der Waals surface area contributed by atoms with E-state index in [2.05, 4.69) is 53.1 Å². The fourth-order valence-electron chi connectivity index (χ4n) is 5.03. The lowest BCUT2D eigenvalue weighted by Crippen LogP contribution is -2.35. The van der Waals surface area contributed by atoms with Crippen molar-refractivity contribution in [3.05, 3.63) is 132 Å². The van der Waals surface area contributed by atoms with Crippen molar-refractivity contribution in [1.82, 2.24) is 24.8 Å². The molecule has 11 heteroatoms. The van der Waals surface area contributed by atoms with E-state index in [4.69, 9.17) is 4.74 Å². The largest absolute Gasteiger partial charge is 0.449 e. The molecule has 5 rings (SSSR count). The summed E-state index contributed by atoms with van der Waals surface area (Å²) in [5.74, 6) is 0.0288. The van der Waals surface area contributed by atoms with E-state index in [9.17, 15) is 9.59 Å². The Morgan fingerprint density at radius 3 is 2.45 bits per heavy atom. The zero-order valence-electron chi connectivity index (χ0n) is 27.7. The van der Waals surface area contributed by atoms with Crippen molar-refractivity contribution in [2.45, 2.75) is 19.9 Å². The number of rotatable bonds is 16. The molecule has 0 aliphatic heterocycles. The molecule has 49 heavy (non-hydrogen) atoms. The van der Waals surface area contributed by atoms with Crippen molar-refractivity contribution in [3.8, 4) is 11.3 Å². The molecule has 3 aromatic carbocycles. The first-order chi connectivity index (χ1) is 23.9. The van der Waals surface area contributed by atoms with Crippen LogP contribution in [0.25, 0.3) is 11.3 Å². The monoisotopic (exact) mass is 769 g/mol. The molecule has 0 radical (unpaired) electrons. The normalized spacial score (nSPS) is 11.0. The number of anilines is 3. The van der Waals surface area contributed by atoms with Crippen LogP contribution in [0.4, 0.5) is 17.3 Å². The van der Waals surface area contributed by atoms with Crippen LogP contribution in [0.3, 0.4) is 0 Å². The minimum atomic E-state index is -0.233. The lowest BCUT2D eigenvalue weighted by Gasteiger charge is -2.25. The first-order valence-corrected chi connectivity index (χ1v) is 17.6. The number of benzene rings is 3. The van der Waals surface area contributed by atoms with Crippen LogP contribution in [0.15, 0.2) is 110 Å². The highest BCUT2D eigenvalue weighted by atomic mass is 127. The van der Waals surface area contributed by atoms with Gasteiger partial charge in [0.15, 0.2) is 0 Å². The number of halogens is 1. The van der Waals surface area contributed by atoms with Crippen molar-refractivity contribution < 1.29 is 14.3 Å². The molecule has 10 nitrogen and oxygen atoms in total. The summed E-state index contributed by atoms with van der Waals surface area (Å²) in [7, 11) is 1.95. The van der Waals surface area contributed by atoms with Crippen LogP contribution < -0.4 is 10.6 Å². The molecule has 0 spiro atoms. The molecule has 2 aromatic heterocycles.